The largest absolute Gasteiger partial charge is 0.497 e. The average Bonchev–Trinajstić information content (AvgIpc) is 3.44. The number of aryl methyl sites for hydroxylation is 2. The third-order valence-electron chi connectivity index (χ3n) is 8.93. The second kappa shape index (κ2) is 9.43. The number of aromatic nitrogens is 2. The van der Waals surface area contributed by atoms with E-state index < -0.39 is 17.1 Å². The van der Waals surface area contributed by atoms with Crippen LogP contribution >= 0.6 is 0 Å². The first-order valence-electron chi connectivity index (χ1n) is 14.1. The van der Waals surface area contributed by atoms with Crippen LogP contribution in [0.4, 0.5) is 0 Å². The lowest BCUT2D eigenvalue weighted by Crippen LogP contribution is -2.51. The van der Waals surface area contributed by atoms with Crippen molar-refractivity contribution in [2.24, 2.45) is 7.05 Å². The molecule has 7 rings (SSSR count). The van der Waals surface area contributed by atoms with Crippen molar-refractivity contribution in [1.82, 2.24) is 9.55 Å². The van der Waals surface area contributed by atoms with Gasteiger partial charge in [0.05, 0.1) is 24.3 Å². The zero-order valence-electron chi connectivity index (χ0n) is 24.3. The maximum Gasteiger partial charge on any atom is 0.257 e. The summed E-state index contributed by atoms with van der Waals surface area (Å²) < 4.78 is 21.2. The number of hydrogen-bond acceptors (Lipinski definition) is 5. The summed E-state index contributed by atoms with van der Waals surface area (Å²) in [6.07, 6.45) is 0. The molecule has 42 heavy (non-hydrogen) atoms. The van der Waals surface area contributed by atoms with Crippen LogP contribution in [0.15, 0.2) is 102 Å². The highest BCUT2D eigenvalue weighted by atomic mass is 16.6. The molecule has 0 bridgehead atoms. The molecular weight excluding hydrogens is 524 g/mol. The van der Waals surface area contributed by atoms with Crippen molar-refractivity contribution >= 4 is 0 Å². The van der Waals surface area contributed by atoms with Crippen LogP contribution in [0.1, 0.15) is 45.0 Å². The van der Waals surface area contributed by atoms with Crippen LogP contribution in [0.3, 0.4) is 0 Å². The second-order valence-electron chi connectivity index (χ2n) is 11.2. The third-order valence-corrected chi connectivity index (χ3v) is 8.93. The summed E-state index contributed by atoms with van der Waals surface area (Å²) in [5, 5.41) is 0. The number of nitrogens with zero attached hydrogens (tertiary/aromatic N) is 2. The van der Waals surface area contributed by atoms with E-state index in [9.17, 15) is 4.79 Å². The summed E-state index contributed by atoms with van der Waals surface area (Å²) in [5.41, 5.74) is 4.31. The minimum absolute atomic E-state index is 0.124. The maximum absolute atomic E-state index is 14.6. The minimum Gasteiger partial charge on any atom is -0.497 e. The summed E-state index contributed by atoms with van der Waals surface area (Å²) in [6, 6.07) is 32.0. The fraction of sp³-hybridized carbons (Fsp3) is 0.222. The van der Waals surface area contributed by atoms with E-state index >= 15 is 0 Å². The molecule has 0 fully saturated rings. The standard InChI is InChI=1S/C36H32N2O4/c1-22-20-23(2)30-28(21-22)42-35(26-16-18-27(40-4)19-17-26)31(24-12-8-6-9-13-24)29-32(36(30,35)41-5)37-33(38(3)34(29)39)25-14-10-7-11-15-25/h6-21,31H,1-5H3/t31-,35+,36+/m1/s1. The molecule has 4 aromatic carbocycles. The summed E-state index contributed by atoms with van der Waals surface area (Å²) in [5.74, 6) is 1.52. The Hall–Kier alpha value is -4.68. The van der Waals surface area contributed by atoms with Crippen LogP contribution in [0.5, 0.6) is 11.5 Å². The van der Waals surface area contributed by atoms with Crippen LogP contribution in [-0.2, 0) is 23.0 Å². The Kier molecular flexibility index (Phi) is 5.89. The first-order valence-corrected chi connectivity index (χ1v) is 14.1. The number of methoxy groups -OCH3 is 2. The molecule has 0 radical (unpaired) electrons. The molecule has 2 aliphatic rings. The Labute approximate surface area is 245 Å². The van der Waals surface area contributed by atoms with Crippen molar-refractivity contribution in [3.8, 4) is 22.9 Å². The molecular formula is C36H32N2O4. The summed E-state index contributed by atoms with van der Waals surface area (Å²) in [4.78, 5) is 20.0. The predicted molar refractivity (Wildman–Crippen MR) is 162 cm³/mol. The monoisotopic (exact) mass is 556 g/mol. The zero-order valence-corrected chi connectivity index (χ0v) is 24.3. The van der Waals surface area contributed by atoms with Gasteiger partial charge in [-0.1, -0.05) is 78.9 Å². The average molecular weight is 557 g/mol. The lowest BCUT2D eigenvalue weighted by atomic mass is 9.69. The molecule has 0 N–H and O–H groups in total. The predicted octanol–water partition coefficient (Wildman–Crippen LogP) is 6.40. The molecule has 2 heterocycles. The van der Waals surface area contributed by atoms with Crippen LogP contribution in [0, 0.1) is 13.8 Å². The van der Waals surface area contributed by atoms with Gasteiger partial charge in [0.2, 0.25) is 0 Å². The molecule has 6 heteroatoms. The van der Waals surface area contributed by atoms with E-state index in [1.54, 1.807) is 25.8 Å². The maximum atomic E-state index is 14.6. The van der Waals surface area contributed by atoms with Crippen molar-refractivity contribution in [3.05, 3.63) is 146 Å². The summed E-state index contributed by atoms with van der Waals surface area (Å²) in [7, 11) is 5.14. The van der Waals surface area contributed by atoms with Gasteiger partial charge in [0.25, 0.3) is 5.56 Å². The number of hydrogen-bond donors (Lipinski definition) is 0. The quantitative estimate of drug-likeness (QED) is 0.251. The number of ether oxygens (including phenoxy) is 3. The molecule has 1 aliphatic carbocycles. The van der Waals surface area contributed by atoms with Crippen molar-refractivity contribution in [2.75, 3.05) is 14.2 Å². The molecule has 5 aromatic rings. The lowest BCUT2D eigenvalue weighted by Gasteiger charge is -2.42. The smallest absolute Gasteiger partial charge is 0.257 e. The third kappa shape index (κ3) is 3.30. The second-order valence-corrected chi connectivity index (χ2v) is 11.2. The molecule has 0 unspecified atom stereocenters. The first-order chi connectivity index (χ1) is 20.4. The van der Waals surface area contributed by atoms with Gasteiger partial charge in [0.1, 0.15) is 17.3 Å². The van der Waals surface area contributed by atoms with Gasteiger partial charge in [0, 0.05) is 30.8 Å². The van der Waals surface area contributed by atoms with E-state index in [2.05, 4.69) is 38.1 Å². The normalized spacial score (nSPS) is 21.8. The highest BCUT2D eigenvalue weighted by molar-refractivity contribution is 5.68. The Morgan fingerprint density at radius 3 is 2.19 bits per heavy atom. The molecule has 0 saturated heterocycles. The van der Waals surface area contributed by atoms with Gasteiger partial charge in [0.15, 0.2) is 11.2 Å². The fourth-order valence-corrected chi connectivity index (χ4v) is 7.31. The van der Waals surface area contributed by atoms with Gasteiger partial charge in [-0.3, -0.25) is 9.36 Å². The van der Waals surface area contributed by atoms with Crippen molar-refractivity contribution in [2.45, 2.75) is 31.0 Å². The molecule has 0 saturated carbocycles. The van der Waals surface area contributed by atoms with E-state index in [1.165, 1.54) is 0 Å². The van der Waals surface area contributed by atoms with Gasteiger partial charge in [-0.15, -0.1) is 0 Å². The molecule has 6 nitrogen and oxygen atoms in total. The summed E-state index contributed by atoms with van der Waals surface area (Å²) >= 11 is 0. The Bertz CT molecular complexity index is 1880. The molecule has 1 aromatic heterocycles. The number of fused-ring (bicyclic) bond motifs is 5. The summed E-state index contributed by atoms with van der Waals surface area (Å²) in [6.45, 7) is 4.14. The van der Waals surface area contributed by atoms with Gasteiger partial charge in [-0.2, -0.15) is 0 Å². The minimum atomic E-state index is -1.22. The molecule has 3 atom stereocenters. The molecule has 210 valence electrons. The van der Waals surface area contributed by atoms with Crippen LogP contribution < -0.4 is 15.0 Å². The van der Waals surface area contributed by atoms with Crippen molar-refractivity contribution in [1.29, 1.82) is 0 Å². The fourth-order valence-electron chi connectivity index (χ4n) is 7.31. The van der Waals surface area contributed by atoms with E-state index in [0.29, 0.717) is 17.1 Å². The SMILES string of the molecule is COc1ccc([C@@]23Oc4cc(C)cc(C)c4[C@]2(OC)c2nc(-c4ccccc4)n(C)c(=O)c2[C@H]3c2ccccc2)cc1. The highest BCUT2D eigenvalue weighted by Gasteiger charge is 2.74. The highest BCUT2D eigenvalue weighted by Crippen LogP contribution is 2.69. The van der Waals surface area contributed by atoms with Gasteiger partial charge < -0.3 is 14.2 Å². The number of benzene rings is 4. The Morgan fingerprint density at radius 2 is 1.55 bits per heavy atom. The van der Waals surface area contributed by atoms with Crippen LogP contribution in [-0.4, -0.2) is 23.8 Å². The van der Waals surface area contributed by atoms with E-state index in [0.717, 1.165) is 44.9 Å². The lowest BCUT2D eigenvalue weighted by molar-refractivity contribution is -0.114. The Morgan fingerprint density at radius 1 is 0.881 bits per heavy atom. The van der Waals surface area contributed by atoms with E-state index in [-0.39, 0.29) is 5.56 Å². The topological polar surface area (TPSA) is 62.6 Å². The van der Waals surface area contributed by atoms with Crippen LogP contribution in [0.25, 0.3) is 11.4 Å². The van der Waals surface area contributed by atoms with Crippen molar-refractivity contribution < 1.29 is 14.2 Å². The number of rotatable bonds is 5. The molecule has 0 amide bonds. The van der Waals surface area contributed by atoms with Gasteiger partial charge in [-0.25, -0.2) is 4.98 Å². The van der Waals surface area contributed by atoms with Crippen molar-refractivity contribution in [3.63, 3.8) is 0 Å². The van der Waals surface area contributed by atoms with E-state index in [4.69, 9.17) is 19.2 Å². The first kappa shape index (κ1) is 26.2. The van der Waals surface area contributed by atoms with E-state index in [1.807, 2.05) is 72.8 Å². The van der Waals surface area contributed by atoms with Gasteiger partial charge >= 0.3 is 0 Å². The van der Waals surface area contributed by atoms with Crippen LogP contribution in [0.2, 0.25) is 0 Å². The van der Waals surface area contributed by atoms with Gasteiger partial charge in [-0.05, 0) is 48.7 Å². The molecule has 0 spiro atoms. The Balaban J connectivity index is 1.68. The zero-order chi connectivity index (χ0) is 29.2. The molecule has 1 aliphatic heterocycles.